The average Bonchev–Trinajstić information content (AvgIpc) is 3.92. The Balaban J connectivity index is 1.31. The van der Waals surface area contributed by atoms with Crippen LogP contribution in [0.15, 0.2) is 91.1 Å². The van der Waals surface area contributed by atoms with Crippen LogP contribution < -0.4 is 16.0 Å². The Hall–Kier alpha value is -3.28. The van der Waals surface area contributed by atoms with Crippen molar-refractivity contribution in [3.05, 3.63) is 108 Å². The largest absolute Gasteiger partial charge is 0.352 e. The molecular weight excluding hydrogens is 679 g/mol. The summed E-state index contributed by atoms with van der Waals surface area (Å²) in [7, 11) is -4.20. The molecule has 0 aliphatic heterocycles. The number of benzene rings is 1. The van der Waals surface area contributed by atoms with Crippen LogP contribution in [0.25, 0.3) is 0 Å². The highest BCUT2D eigenvalue weighted by Gasteiger charge is 2.30. The lowest BCUT2D eigenvalue weighted by molar-refractivity contribution is 0.0952. The summed E-state index contributed by atoms with van der Waals surface area (Å²) in [5.74, 6) is -0.746. The number of amides is 3. The van der Waals surface area contributed by atoms with Crippen LogP contribution in [0.2, 0.25) is 74.0 Å². The average molecular weight is 742 g/mol. The highest BCUT2D eigenvalue weighted by Crippen LogP contribution is 2.34. The predicted octanol–water partition coefficient (Wildman–Crippen LogP) is 9.83. The van der Waals surface area contributed by atoms with Gasteiger partial charge in [0.15, 0.2) is 0 Å². The molecule has 9 heteroatoms. The first-order valence-electron chi connectivity index (χ1n) is 19.3. The maximum absolute atomic E-state index is 13.4. The van der Waals surface area contributed by atoms with E-state index in [0.29, 0.717) is 52.9 Å². The normalized spacial score (nSPS) is 16.1. The molecule has 0 radical (unpaired) electrons. The lowest BCUT2D eigenvalue weighted by atomic mass is 10.0. The summed E-state index contributed by atoms with van der Waals surface area (Å²) in [4.78, 5) is 40.1. The third-order valence-electron chi connectivity index (χ3n) is 11.3. The van der Waals surface area contributed by atoms with Gasteiger partial charge in [0.05, 0.1) is 24.2 Å². The van der Waals surface area contributed by atoms with E-state index in [9.17, 15) is 14.4 Å². The summed E-state index contributed by atoms with van der Waals surface area (Å²) in [6.07, 6.45) is 32.7. The summed E-state index contributed by atoms with van der Waals surface area (Å²) in [6.45, 7) is 16.3. The van der Waals surface area contributed by atoms with Gasteiger partial charge in [-0.15, -0.1) is 0 Å². The van der Waals surface area contributed by atoms with Gasteiger partial charge in [0, 0.05) is 36.3 Å². The molecule has 0 aromatic heterocycles. The highest BCUT2D eigenvalue weighted by atomic mass is 28.3. The van der Waals surface area contributed by atoms with Gasteiger partial charge in [-0.05, 0) is 54.1 Å². The second kappa shape index (κ2) is 19.0. The first-order chi connectivity index (χ1) is 24.3. The number of allylic oxidation sites excluding steroid dienone is 12. The molecule has 51 heavy (non-hydrogen) atoms. The Bertz CT molecular complexity index is 1320. The zero-order valence-corrected chi connectivity index (χ0v) is 35.1. The Morgan fingerprint density at radius 1 is 0.431 bits per heavy atom. The van der Waals surface area contributed by atoms with Crippen LogP contribution in [0.3, 0.4) is 0 Å². The van der Waals surface area contributed by atoms with Crippen LogP contribution in [0.5, 0.6) is 0 Å². The predicted molar refractivity (Wildman–Crippen MR) is 224 cm³/mol. The Morgan fingerprint density at radius 3 is 0.902 bits per heavy atom. The number of hydrogen-bond donors (Lipinski definition) is 3. The fourth-order valence-electron chi connectivity index (χ4n) is 7.41. The van der Waals surface area contributed by atoms with Crippen LogP contribution in [0.1, 0.15) is 69.6 Å². The minimum atomic E-state index is -1.40. The molecule has 3 aliphatic rings. The molecule has 0 saturated carbocycles. The zero-order valence-electron chi connectivity index (χ0n) is 32.1. The van der Waals surface area contributed by atoms with Crippen LogP contribution in [-0.4, -0.2) is 61.6 Å². The SMILES string of the molecule is C[Si](C)(CCCCNC(=O)c1cc(C(=O)NCCCC[Si](C)(C)C2C=CC=C2)cc(C(=O)NCCCC[Si](C)(C)C2C=CC=C2)c1)C1C=CC=C1. The first kappa shape index (κ1) is 40.5. The number of rotatable bonds is 21. The monoisotopic (exact) mass is 741 g/mol. The van der Waals surface area contributed by atoms with E-state index < -0.39 is 24.2 Å². The summed E-state index contributed by atoms with van der Waals surface area (Å²) in [5.41, 5.74) is 2.81. The standard InChI is InChI=1S/C42H63N3O3Si3/c1-49(2,37-19-7-8-20-37)28-16-13-25-43-40(46)34-31-35(41(47)44-26-14-17-29-50(3,4)38-21-9-10-22-38)33-36(32-34)42(48)45-27-15-18-30-51(5,6)39-23-11-12-24-39/h7-12,19-24,31-33,37-39H,13-18,25-30H2,1-6H3,(H,43,46)(H,44,47)(H,45,48). The van der Waals surface area contributed by atoms with Crippen LogP contribution in [0.4, 0.5) is 0 Å². The number of hydrogen-bond acceptors (Lipinski definition) is 3. The molecule has 0 saturated heterocycles. The van der Waals surface area contributed by atoms with Gasteiger partial charge in [-0.2, -0.15) is 0 Å². The van der Waals surface area contributed by atoms with Crippen molar-refractivity contribution in [2.75, 3.05) is 19.6 Å². The Labute approximate surface area is 311 Å². The molecule has 0 spiro atoms. The number of nitrogens with one attached hydrogen (secondary N) is 3. The van der Waals surface area contributed by atoms with Crippen molar-refractivity contribution in [1.29, 1.82) is 0 Å². The van der Waals surface area contributed by atoms with E-state index in [-0.39, 0.29) is 17.7 Å². The van der Waals surface area contributed by atoms with Gasteiger partial charge >= 0.3 is 0 Å². The minimum Gasteiger partial charge on any atom is -0.352 e. The number of carbonyl (C=O) groups is 3. The van der Waals surface area contributed by atoms with Crippen molar-refractivity contribution in [2.24, 2.45) is 0 Å². The molecule has 1 aromatic rings. The summed E-state index contributed by atoms with van der Waals surface area (Å²) < 4.78 is 0. The first-order valence-corrected chi connectivity index (χ1v) is 29.2. The van der Waals surface area contributed by atoms with Crippen molar-refractivity contribution in [1.82, 2.24) is 16.0 Å². The molecular formula is C42H63N3O3Si3. The number of carbonyl (C=O) groups excluding carboxylic acids is 3. The van der Waals surface area contributed by atoms with Gasteiger partial charge in [-0.1, -0.05) is 150 Å². The van der Waals surface area contributed by atoms with Crippen molar-refractivity contribution < 1.29 is 14.4 Å². The van der Waals surface area contributed by atoms with E-state index in [1.807, 2.05) is 0 Å². The van der Waals surface area contributed by atoms with Gasteiger partial charge in [0.25, 0.3) is 17.7 Å². The fourth-order valence-corrected chi connectivity index (χ4v) is 15.7. The third kappa shape index (κ3) is 12.4. The van der Waals surface area contributed by atoms with Crippen LogP contribution in [0, 0.1) is 0 Å². The minimum absolute atomic E-state index is 0.249. The molecule has 6 nitrogen and oxygen atoms in total. The molecule has 0 fully saturated rings. The van der Waals surface area contributed by atoms with Gasteiger partial charge in [0.2, 0.25) is 0 Å². The highest BCUT2D eigenvalue weighted by molar-refractivity contribution is 6.80. The second-order valence-electron chi connectivity index (χ2n) is 16.8. The quantitative estimate of drug-likeness (QED) is 0.0866. The maximum atomic E-state index is 13.4. The molecule has 3 N–H and O–H groups in total. The van der Waals surface area contributed by atoms with Gasteiger partial charge < -0.3 is 16.0 Å². The zero-order chi connectivity index (χ0) is 36.9. The van der Waals surface area contributed by atoms with Crippen molar-refractivity contribution in [3.63, 3.8) is 0 Å². The van der Waals surface area contributed by atoms with Gasteiger partial charge in [0.1, 0.15) is 0 Å². The molecule has 3 aliphatic carbocycles. The van der Waals surface area contributed by atoms with E-state index >= 15 is 0 Å². The van der Waals surface area contributed by atoms with Crippen LogP contribution in [-0.2, 0) is 0 Å². The smallest absolute Gasteiger partial charge is 0.251 e. The molecule has 0 atom stereocenters. The number of unbranched alkanes of at least 4 members (excludes halogenated alkanes) is 3. The fraction of sp³-hybridized carbons (Fsp3) is 0.500. The van der Waals surface area contributed by atoms with E-state index in [1.165, 1.54) is 18.1 Å². The van der Waals surface area contributed by atoms with Gasteiger partial charge in [-0.25, -0.2) is 0 Å². The van der Waals surface area contributed by atoms with E-state index in [4.69, 9.17) is 0 Å². The molecule has 0 heterocycles. The Kier molecular flexibility index (Phi) is 15.1. The molecule has 0 unspecified atom stereocenters. The molecule has 0 bridgehead atoms. The van der Waals surface area contributed by atoms with Gasteiger partial charge in [-0.3, -0.25) is 14.4 Å². The lowest BCUT2D eigenvalue weighted by Crippen LogP contribution is -2.31. The van der Waals surface area contributed by atoms with Crippen molar-refractivity contribution in [2.45, 2.75) is 113 Å². The summed E-state index contributed by atoms with van der Waals surface area (Å²) in [5, 5.41) is 9.16. The lowest BCUT2D eigenvalue weighted by Gasteiger charge is -2.27. The van der Waals surface area contributed by atoms with E-state index in [1.54, 1.807) is 18.2 Å². The maximum Gasteiger partial charge on any atom is 0.251 e. The molecule has 3 amide bonds. The topological polar surface area (TPSA) is 87.3 Å². The Morgan fingerprint density at radius 2 is 0.667 bits per heavy atom. The van der Waals surface area contributed by atoms with Crippen molar-refractivity contribution >= 4 is 41.9 Å². The molecule has 1 aromatic carbocycles. The van der Waals surface area contributed by atoms with Crippen LogP contribution >= 0.6 is 0 Å². The summed E-state index contributed by atoms with van der Waals surface area (Å²) in [6, 6.07) is 8.48. The van der Waals surface area contributed by atoms with E-state index in [2.05, 4.69) is 128 Å². The van der Waals surface area contributed by atoms with E-state index in [0.717, 1.165) is 38.5 Å². The molecule has 4 rings (SSSR count). The second-order valence-corrected chi connectivity index (χ2v) is 32.2. The van der Waals surface area contributed by atoms with Crippen molar-refractivity contribution in [3.8, 4) is 0 Å². The third-order valence-corrected chi connectivity index (χ3v) is 22.8. The summed E-state index contributed by atoms with van der Waals surface area (Å²) >= 11 is 0. The molecule has 276 valence electrons.